The maximum Gasteiger partial charge on any atom is 0.256 e. The molecule has 3 nitrogen and oxygen atoms in total. The number of carbonyl (C=O) groups excluding carboxylic acids is 1. The van der Waals surface area contributed by atoms with Crippen molar-refractivity contribution in [3.05, 3.63) is 53.1 Å². The zero-order valence-electron chi connectivity index (χ0n) is 9.75. The molecule has 1 aromatic heterocycles. The van der Waals surface area contributed by atoms with Gasteiger partial charge in [-0.05, 0) is 36.8 Å². The lowest BCUT2D eigenvalue weighted by Gasteiger charge is -2.03. The van der Waals surface area contributed by atoms with Crippen LogP contribution in [0.2, 0.25) is 0 Å². The number of aromatic nitrogens is 1. The van der Waals surface area contributed by atoms with E-state index in [0.29, 0.717) is 22.4 Å². The first-order valence-corrected chi connectivity index (χ1v) is 5.63. The Kier molecular flexibility index (Phi) is 2.30. The first kappa shape index (κ1) is 10.8. The quantitative estimate of drug-likeness (QED) is 0.742. The summed E-state index contributed by atoms with van der Waals surface area (Å²) in [5.41, 5.74) is 2.54. The normalized spacial score (nSPS) is 15.9. The van der Waals surface area contributed by atoms with Crippen LogP contribution < -0.4 is 5.32 Å². The number of hydrogen-bond acceptors (Lipinski definition) is 1. The molecule has 2 heterocycles. The summed E-state index contributed by atoms with van der Waals surface area (Å²) in [6.07, 6.45) is 3.41. The lowest BCUT2D eigenvalue weighted by Crippen LogP contribution is -2.03. The van der Waals surface area contributed by atoms with Gasteiger partial charge in [-0.25, -0.2) is 4.39 Å². The van der Waals surface area contributed by atoms with Crippen molar-refractivity contribution in [2.24, 2.45) is 0 Å². The zero-order chi connectivity index (χ0) is 12.7. The van der Waals surface area contributed by atoms with E-state index >= 15 is 0 Å². The second kappa shape index (κ2) is 3.84. The van der Waals surface area contributed by atoms with Gasteiger partial charge in [-0.1, -0.05) is 6.07 Å². The van der Waals surface area contributed by atoms with E-state index in [1.807, 2.05) is 12.1 Å². The molecule has 0 saturated heterocycles. The minimum atomic E-state index is -0.344. The minimum absolute atomic E-state index is 0.274. The minimum Gasteiger partial charge on any atom is -0.362 e. The van der Waals surface area contributed by atoms with Gasteiger partial charge in [-0.2, -0.15) is 0 Å². The zero-order valence-corrected chi connectivity index (χ0v) is 9.75. The van der Waals surface area contributed by atoms with E-state index in [4.69, 9.17) is 0 Å². The van der Waals surface area contributed by atoms with Crippen LogP contribution in [0.3, 0.4) is 0 Å². The lowest BCUT2D eigenvalue weighted by atomic mass is 10.0. The number of nitrogens with one attached hydrogen (secondary N) is 2. The number of halogens is 1. The number of hydrogen-bond donors (Lipinski definition) is 2. The molecule has 0 radical (unpaired) electrons. The standard InChI is InChI=1S/C14H11FN2O/c1-8-4-5-11-12(13(8)15)10(14(18)17-11)7-9-3-2-6-16-9/h2-7,16H,1H3,(H,17,18)/b10-7-. The van der Waals surface area contributed by atoms with Crippen LogP contribution in [0.4, 0.5) is 10.1 Å². The highest BCUT2D eigenvalue weighted by molar-refractivity contribution is 6.34. The van der Waals surface area contributed by atoms with Gasteiger partial charge in [-0.15, -0.1) is 0 Å². The number of amides is 1. The summed E-state index contributed by atoms with van der Waals surface area (Å²) in [5, 5.41) is 2.67. The first-order valence-electron chi connectivity index (χ1n) is 5.63. The molecule has 1 aliphatic rings. The van der Waals surface area contributed by atoms with Crippen LogP contribution >= 0.6 is 0 Å². The Bertz CT molecular complexity index is 657. The number of fused-ring (bicyclic) bond motifs is 1. The number of aryl methyl sites for hydroxylation is 1. The van der Waals surface area contributed by atoms with Crippen molar-refractivity contribution in [2.45, 2.75) is 6.92 Å². The van der Waals surface area contributed by atoms with Gasteiger partial charge in [0.05, 0.1) is 11.3 Å². The molecule has 90 valence electrons. The molecule has 1 aromatic carbocycles. The third-order valence-electron chi connectivity index (χ3n) is 3.02. The fourth-order valence-electron chi connectivity index (χ4n) is 2.08. The molecule has 0 saturated carbocycles. The molecule has 1 amide bonds. The van der Waals surface area contributed by atoms with Gasteiger partial charge in [0.25, 0.3) is 5.91 Å². The molecule has 0 aliphatic carbocycles. The Morgan fingerprint density at radius 1 is 1.28 bits per heavy atom. The maximum atomic E-state index is 14.1. The van der Waals surface area contributed by atoms with Crippen LogP contribution in [0.5, 0.6) is 0 Å². The molecule has 0 bridgehead atoms. The molecule has 0 atom stereocenters. The van der Waals surface area contributed by atoms with Gasteiger partial charge >= 0.3 is 0 Å². The van der Waals surface area contributed by atoms with Crippen LogP contribution in [-0.4, -0.2) is 10.9 Å². The summed E-state index contributed by atoms with van der Waals surface area (Å²) in [4.78, 5) is 14.8. The highest BCUT2D eigenvalue weighted by Gasteiger charge is 2.28. The molecule has 2 N–H and O–H groups in total. The van der Waals surface area contributed by atoms with E-state index in [0.717, 1.165) is 5.69 Å². The van der Waals surface area contributed by atoms with E-state index < -0.39 is 0 Å². The fraction of sp³-hybridized carbons (Fsp3) is 0.0714. The van der Waals surface area contributed by atoms with Crippen molar-refractivity contribution in [2.75, 3.05) is 5.32 Å². The predicted octanol–water partition coefficient (Wildman–Crippen LogP) is 2.95. The number of anilines is 1. The molecule has 0 spiro atoms. The van der Waals surface area contributed by atoms with Crippen LogP contribution in [0.25, 0.3) is 11.6 Å². The van der Waals surface area contributed by atoms with Crippen LogP contribution in [0.15, 0.2) is 30.5 Å². The third-order valence-corrected chi connectivity index (χ3v) is 3.02. The van der Waals surface area contributed by atoms with Crippen molar-refractivity contribution in [3.8, 4) is 0 Å². The van der Waals surface area contributed by atoms with Crippen molar-refractivity contribution in [3.63, 3.8) is 0 Å². The average molecular weight is 242 g/mol. The number of rotatable bonds is 1. The number of H-pyrrole nitrogens is 1. The van der Waals surface area contributed by atoms with Crippen LogP contribution in [0, 0.1) is 12.7 Å². The highest BCUT2D eigenvalue weighted by Crippen LogP contribution is 2.36. The lowest BCUT2D eigenvalue weighted by molar-refractivity contribution is -0.110. The number of aromatic amines is 1. The smallest absolute Gasteiger partial charge is 0.256 e. The van der Waals surface area contributed by atoms with Crippen LogP contribution in [0.1, 0.15) is 16.8 Å². The molecule has 18 heavy (non-hydrogen) atoms. The molecule has 0 fully saturated rings. The molecule has 1 aliphatic heterocycles. The predicted molar refractivity (Wildman–Crippen MR) is 68.4 cm³/mol. The average Bonchev–Trinajstić information content (AvgIpc) is 2.94. The van der Waals surface area contributed by atoms with Gasteiger partial charge in [-0.3, -0.25) is 4.79 Å². The fourth-order valence-corrected chi connectivity index (χ4v) is 2.08. The molecule has 0 unspecified atom stereocenters. The van der Waals surface area contributed by atoms with Crippen molar-refractivity contribution < 1.29 is 9.18 Å². The third kappa shape index (κ3) is 1.54. The van der Waals surface area contributed by atoms with E-state index in [-0.39, 0.29) is 11.7 Å². The summed E-state index contributed by atoms with van der Waals surface area (Å²) < 4.78 is 14.1. The number of benzene rings is 1. The highest BCUT2D eigenvalue weighted by atomic mass is 19.1. The van der Waals surface area contributed by atoms with Gasteiger partial charge in [0, 0.05) is 17.5 Å². The Morgan fingerprint density at radius 3 is 2.83 bits per heavy atom. The number of carbonyl (C=O) groups is 1. The topological polar surface area (TPSA) is 44.9 Å². The molecule has 2 aromatic rings. The largest absolute Gasteiger partial charge is 0.362 e. The van der Waals surface area contributed by atoms with Crippen molar-refractivity contribution >= 4 is 23.2 Å². The van der Waals surface area contributed by atoms with Gasteiger partial charge in [0.2, 0.25) is 0 Å². The maximum absolute atomic E-state index is 14.1. The Balaban J connectivity index is 2.20. The SMILES string of the molecule is Cc1ccc2c(c1F)/C(=C/c1ccc[nH]1)C(=O)N2. The Hall–Kier alpha value is -2.36. The Labute approximate surface area is 103 Å². The molecular formula is C14H11FN2O. The van der Waals surface area contributed by atoms with E-state index in [2.05, 4.69) is 10.3 Å². The summed E-state index contributed by atoms with van der Waals surface area (Å²) >= 11 is 0. The second-order valence-corrected chi connectivity index (χ2v) is 4.26. The molecule has 3 rings (SSSR count). The van der Waals surface area contributed by atoms with Gasteiger partial charge in [0.1, 0.15) is 5.82 Å². The molecular weight excluding hydrogens is 231 g/mol. The summed E-state index contributed by atoms with van der Waals surface area (Å²) in [6.45, 7) is 1.69. The van der Waals surface area contributed by atoms with Gasteiger partial charge in [0.15, 0.2) is 0 Å². The van der Waals surface area contributed by atoms with Gasteiger partial charge < -0.3 is 10.3 Å². The van der Waals surface area contributed by atoms with E-state index in [9.17, 15) is 9.18 Å². The monoisotopic (exact) mass is 242 g/mol. The van der Waals surface area contributed by atoms with Crippen molar-refractivity contribution in [1.82, 2.24) is 4.98 Å². The van der Waals surface area contributed by atoms with Crippen LogP contribution in [-0.2, 0) is 4.79 Å². The van der Waals surface area contributed by atoms with E-state index in [1.165, 1.54) is 0 Å². The second-order valence-electron chi connectivity index (χ2n) is 4.26. The summed E-state index contributed by atoms with van der Waals surface area (Å²) in [6, 6.07) is 7.03. The molecule has 4 heteroatoms. The summed E-state index contributed by atoms with van der Waals surface area (Å²) in [5.74, 6) is -0.618. The van der Waals surface area contributed by atoms with E-state index in [1.54, 1.807) is 31.3 Å². The summed E-state index contributed by atoms with van der Waals surface area (Å²) in [7, 11) is 0. The first-order chi connectivity index (χ1) is 8.66. The Morgan fingerprint density at radius 2 is 2.11 bits per heavy atom. The van der Waals surface area contributed by atoms with Crippen molar-refractivity contribution in [1.29, 1.82) is 0 Å².